The highest BCUT2D eigenvalue weighted by molar-refractivity contribution is 5.93. The molecular formula is C31H32F3N6O3+. The minimum atomic E-state index is -4.60. The summed E-state index contributed by atoms with van der Waals surface area (Å²) in [5.41, 5.74) is 0.844. The zero-order valence-corrected chi connectivity index (χ0v) is 23.9. The van der Waals surface area contributed by atoms with Gasteiger partial charge in [-0.15, -0.1) is 5.10 Å². The number of esters is 1. The summed E-state index contributed by atoms with van der Waals surface area (Å²) in [6.45, 7) is 5.81. The Bertz CT molecular complexity index is 1690. The fourth-order valence-electron chi connectivity index (χ4n) is 7.07. The van der Waals surface area contributed by atoms with Crippen LogP contribution in [0.2, 0.25) is 0 Å². The largest absolute Gasteiger partial charge is 0.466 e. The van der Waals surface area contributed by atoms with Crippen molar-refractivity contribution in [2.24, 2.45) is 5.92 Å². The minimum absolute atomic E-state index is 0.0368. The first-order valence-electron chi connectivity index (χ1n) is 14.4. The van der Waals surface area contributed by atoms with Crippen molar-refractivity contribution >= 4 is 17.6 Å². The number of fused-ring (bicyclic) bond motifs is 4. The molecule has 9 nitrogen and oxygen atoms in total. The van der Waals surface area contributed by atoms with Crippen LogP contribution < -0.4 is 10.6 Å². The lowest BCUT2D eigenvalue weighted by Crippen LogP contribution is -2.58. The number of ether oxygens (including phenoxy) is 1. The van der Waals surface area contributed by atoms with E-state index < -0.39 is 29.4 Å². The number of rotatable bonds is 6. The van der Waals surface area contributed by atoms with Gasteiger partial charge in [0.05, 0.1) is 56.1 Å². The van der Waals surface area contributed by atoms with E-state index in [0.717, 1.165) is 54.3 Å². The van der Waals surface area contributed by atoms with Crippen LogP contribution in [0, 0.1) is 17.2 Å². The summed E-state index contributed by atoms with van der Waals surface area (Å²) in [6, 6.07) is 11.0. The van der Waals surface area contributed by atoms with Crippen LogP contribution in [0.1, 0.15) is 54.5 Å². The number of alkyl halides is 3. The lowest BCUT2D eigenvalue weighted by atomic mass is 9.84. The van der Waals surface area contributed by atoms with Crippen LogP contribution in [0.3, 0.4) is 0 Å². The number of H-pyrrole nitrogens is 1. The van der Waals surface area contributed by atoms with Gasteiger partial charge in [0.1, 0.15) is 6.04 Å². The Morgan fingerprint density at radius 2 is 1.88 bits per heavy atom. The molecule has 7 rings (SSSR count). The molecule has 0 unspecified atom stereocenters. The second-order valence-corrected chi connectivity index (χ2v) is 11.7. The second kappa shape index (κ2) is 10.7. The Balaban J connectivity index is 1.50. The lowest BCUT2D eigenvalue weighted by Gasteiger charge is -2.49. The molecule has 2 aromatic carbocycles. The van der Waals surface area contributed by atoms with Gasteiger partial charge in [-0.1, -0.05) is 12.1 Å². The number of hydrogen-bond donors (Lipinski definition) is 1. The average molecular weight is 594 g/mol. The SMILES string of the molecule is COC(=O)C1=C(C)N(c2cccc(C(F)(F)F)c2)c2n[nH]c(=O)n2[C@@H]1c1ccc(C#N)cc1CC[N+]12CCC(CC1)CC2. The molecule has 3 fully saturated rings. The first-order valence-corrected chi connectivity index (χ1v) is 14.4. The molecule has 4 aliphatic heterocycles. The summed E-state index contributed by atoms with van der Waals surface area (Å²) < 4.78 is 48.4. The molecule has 0 aliphatic carbocycles. The maximum Gasteiger partial charge on any atom is 0.416 e. The van der Waals surface area contributed by atoms with Gasteiger partial charge in [0.15, 0.2) is 0 Å². The van der Waals surface area contributed by atoms with Crippen LogP contribution in [0.4, 0.5) is 24.8 Å². The van der Waals surface area contributed by atoms with E-state index in [-0.39, 0.29) is 22.9 Å². The van der Waals surface area contributed by atoms with E-state index in [0.29, 0.717) is 17.5 Å². The molecule has 224 valence electrons. The van der Waals surface area contributed by atoms with Gasteiger partial charge in [0.25, 0.3) is 0 Å². The van der Waals surface area contributed by atoms with Crippen molar-refractivity contribution in [3.63, 3.8) is 0 Å². The van der Waals surface area contributed by atoms with Crippen LogP contribution >= 0.6 is 0 Å². The minimum Gasteiger partial charge on any atom is -0.466 e. The fourth-order valence-corrected chi connectivity index (χ4v) is 7.07. The number of anilines is 2. The number of carbonyl (C=O) groups is 1. The summed E-state index contributed by atoms with van der Waals surface area (Å²) in [4.78, 5) is 28.2. The number of hydrogen-bond acceptors (Lipinski definition) is 6. The highest BCUT2D eigenvalue weighted by Gasteiger charge is 2.42. The number of halogens is 3. The van der Waals surface area contributed by atoms with Crippen molar-refractivity contribution in [2.45, 2.75) is 44.8 Å². The van der Waals surface area contributed by atoms with E-state index in [4.69, 9.17) is 4.74 Å². The van der Waals surface area contributed by atoms with E-state index in [2.05, 4.69) is 16.3 Å². The van der Waals surface area contributed by atoms with Crippen LogP contribution in [0.15, 0.2) is 58.5 Å². The summed E-state index contributed by atoms with van der Waals surface area (Å²) in [5, 5.41) is 16.3. The third-order valence-electron chi connectivity index (χ3n) is 9.44. The first kappa shape index (κ1) is 28.7. The molecule has 1 atom stereocenters. The van der Waals surface area contributed by atoms with Crippen LogP contribution in [0.25, 0.3) is 0 Å². The summed E-state index contributed by atoms with van der Waals surface area (Å²) in [5.74, 6) is 0.116. The van der Waals surface area contributed by atoms with Gasteiger partial charge in [-0.25, -0.2) is 19.3 Å². The molecule has 3 aromatic rings. The van der Waals surface area contributed by atoms with Crippen molar-refractivity contribution in [2.75, 3.05) is 38.2 Å². The number of aromatic amines is 1. The van der Waals surface area contributed by atoms with Gasteiger partial charge in [-0.05, 0) is 73.6 Å². The standard InChI is InChI=1S/C31H31F3N6O3/c1-19-26(28(41)43-2)27(39-29(36-37-30(39)42)38(19)24-5-3-4-23(17-24)31(32,33)34)25-7-6-21(18-35)16-22(25)11-15-40-12-8-20(9-13-40)10-14-40/h3-7,16-17,20,27H,8-15H2,1-2H3/p+1/t20?,27-,40?/m1/s1. The van der Waals surface area contributed by atoms with Crippen LogP contribution in [-0.2, 0) is 22.1 Å². The van der Waals surface area contributed by atoms with E-state index in [9.17, 15) is 28.0 Å². The molecule has 0 radical (unpaired) electrons. The molecule has 3 saturated heterocycles. The highest BCUT2D eigenvalue weighted by Crippen LogP contribution is 2.44. The quantitative estimate of drug-likeness (QED) is 0.325. The van der Waals surface area contributed by atoms with E-state index in [1.807, 2.05) is 0 Å². The highest BCUT2D eigenvalue weighted by atomic mass is 19.4. The maximum absolute atomic E-state index is 13.6. The van der Waals surface area contributed by atoms with E-state index in [1.165, 1.54) is 48.0 Å². The van der Waals surface area contributed by atoms with Crippen molar-refractivity contribution < 1.29 is 27.2 Å². The Kier molecular flexibility index (Phi) is 7.16. The second-order valence-electron chi connectivity index (χ2n) is 11.7. The predicted octanol–water partition coefficient (Wildman–Crippen LogP) is 4.82. The van der Waals surface area contributed by atoms with Gasteiger partial charge in [0, 0.05) is 17.8 Å². The molecular weight excluding hydrogens is 561 g/mol. The molecule has 12 heteroatoms. The summed E-state index contributed by atoms with van der Waals surface area (Å²) in [6.07, 6.45) is -0.349. The van der Waals surface area contributed by atoms with Gasteiger partial charge in [-0.2, -0.15) is 18.4 Å². The Morgan fingerprint density at radius 1 is 1.16 bits per heavy atom. The van der Waals surface area contributed by atoms with Crippen LogP contribution in [0.5, 0.6) is 0 Å². The molecule has 0 saturated carbocycles. The summed E-state index contributed by atoms with van der Waals surface area (Å²) >= 11 is 0. The van der Waals surface area contributed by atoms with Crippen molar-refractivity contribution in [1.82, 2.24) is 14.8 Å². The number of allylic oxidation sites excluding steroid dienone is 1. The zero-order chi connectivity index (χ0) is 30.5. The number of piperidine rings is 3. The van der Waals surface area contributed by atoms with Crippen molar-refractivity contribution in [3.05, 3.63) is 86.5 Å². The number of aromatic nitrogens is 3. The van der Waals surface area contributed by atoms with Crippen molar-refractivity contribution in [3.8, 4) is 6.07 Å². The normalized spacial score (nSPS) is 23.2. The summed E-state index contributed by atoms with van der Waals surface area (Å²) in [7, 11) is 1.22. The molecule has 1 aromatic heterocycles. The first-order chi connectivity index (χ1) is 20.5. The maximum atomic E-state index is 13.6. The van der Waals surface area contributed by atoms with Gasteiger partial charge < -0.3 is 9.22 Å². The van der Waals surface area contributed by atoms with E-state index >= 15 is 0 Å². The zero-order valence-electron chi connectivity index (χ0n) is 23.9. The number of nitrogens with one attached hydrogen (secondary N) is 1. The molecule has 4 aliphatic rings. The fraction of sp³-hybridized carbons (Fsp3) is 0.419. The van der Waals surface area contributed by atoms with Crippen LogP contribution in [-0.4, -0.2) is 58.5 Å². The Morgan fingerprint density at radius 3 is 2.53 bits per heavy atom. The molecule has 0 spiro atoms. The predicted molar refractivity (Wildman–Crippen MR) is 151 cm³/mol. The van der Waals surface area contributed by atoms with Gasteiger partial charge in [-0.3, -0.25) is 4.90 Å². The smallest absolute Gasteiger partial charge is 0.416 e. The Hall–Kier alpha value is -4.37. The lowest BCUT2D eigenvalue weighted by molar-refractivity contribution is -0.942. The molecule has 2 bridgehead atoms. The topological polar surface area (TPSA) is 104 Å². The van der Waals surface area contributed by atoms with E-state index in [1.54, 1.807) is 25.1 Å². The number of quaternary nitrogens is 1. The third kappa shape index (κ3) is 5.01. The monoisotopic (exact) mass is 593 g/mol. The molecule has 1 N–H and O–H groups in total. The van der Waals surface area contributed by atoms with Crippen molar-refractivity contribution in [1.29, 1.82) is 5.26 Å². The van der Waals surface area contributed by atoms with Gasteiger partial charge >= 0.3 is 17.8 Å². The number of nitriles is 1. The average Bonchev–Trinajstić information content (AvgIpc) is 3.40. The number of nitrogens with zero attached hydrogens (tertiary/aromatic N) is 5. The van der Waals surface area contributed by atoms with Gasteiger partial charge in [0.2, 0.25) is 5.95 Å². The number of carbonyl (C=O) groups excluding carboxylic acids is 1. The molecule has 5 heterocycles. The third-order valence-corrected chi connectivity index (χ3v) is 9.44. The number of methoxy groups -OCH3 is 1. The number of benzene rings is 2. The molecule has 43 heavy (non-hydrogen) atoms. The Labute approximate surface area is 246 Å². The molecule has 0 amide bonds.